The van der Waals surface area contributed by atoms with Crippen molar-refractivity contribution >= 4 is 40.6 Å². The first-order valence-electron chi connectivity index (χ1n) is 9.05. The quantitative estimate of drug-likeness (QED) is 0.609. The summed E-state index contributed by atoms with van der Waals surface area (Å²) in [5, 5.41) is 8.21. The maximum atomic E-state index is 13.3. The minimum Gasteiger partial charge on any atom is -0.479 e. The summed E-state index contributed by atoms with van der Waals surface area (Å²) in [5.41, 5.74) is -1.11. The summed E-state index contributed by atoms with van der Waals surface area (Å²) in [4.78, 5) is 36.5. The minimum atomic E-state index is -4.73. The Labute approximate surface area is 179 Å². The predicted molar refractivity (Wildman–Crippen MR) is 109 cm³/mol. The van der Waals surface area contributed by atoms with Gasteiger partial charge >= 0.3 is 12.1 Å². The van der Waals surface area contributed by atoms with Crippen LogP contribution in [0, 0.1) is 0 Å². The second kappa shape index (κ2) is 8.84. The zero-order valence-corrected chi connectivity index (χ0v) is 16.9. The molecule has 1 unspecified atom stereocenters. The number of amides is 2. The van der Waals surface area contributed by atoms with Gasteiger partial charge in [-0.05, 0) is 54.1 Å². The van der Waals surface area contributed by atoms with Crippen LogP contribution in [0.4, 0.5) is 23.7 Å². The molecule has 0 radical (unpaired) electrons. The molecule has 1 saturated heterocycles. The molecule has 2 amide bonds. The molecule has 10 heteroatoms. The molecule has 1 heterocycles. The first-order chi connectivity index (χ1) is 14.6. The van der Waals surface area contributed by atoms with Crippen LogP contribution < -0.4 is 9.64 Å². The Morgan fingerprint density at radius 1 is 1.16 bits per heavy atom. The van der Waals surface area contributed by atoms with Gasteiger partial charge in [-0.2, -0.15) is 13.2 Å². The summed E-state index contributed by atoms with van der Waals surface area (Å²) in [6.07, 6.45) is -4.09. The van der Waals surface area contributed by atoms with Crippen molar-refractivity contribution < 1.29 is 37.4 Å². The van der Waals surface area contributed by atoms with Gasteiger partial charge in [0, 0.05) is 0 Å². The fourth-order valence-electron chi connectivity index (χ4n) is 2.85. The summed E-state index contributed by atoms with van der Waals surface area (Å²) < 4.78 is 45.2. The second-order valence-electron chi connectivity index (χ2n) is 6.45. The summed E-state index contributed by atoms with van der Waals surface area (Å²) >= 11 is 0.535. The standard InChI is InChI=1S/C21H16F3NO5S/c1-2-16(19(27)28)30-13-9-7-12(8-10-13)11-17-18(26)25(20(29)31-17)15-6-4-3-5-14(15)21(22,23)24/h3-11,16H,2H2,1H3,(H,27,28)/b17-11+. The normalized spacial score (nSPS) is 16.6. The van der Waals surface area contributed by atoms with E-state index in [1.807, 2.05) is 0 Å². The molecule has 0 bridgehead atoms. The van der Waals surface area contributed by atoms with E-state index in [2.05, 4.69) is 0 Å². The highest BCUT2D eigenvalue weighted by atomic mass is 32.2. The molecule has 1 atom stereocenters. The van der Waals surface area contributed by atoms with E-state index in [9.17, 15) is 27.6 Å². The van der Waals surface area contributed by atoms with Crippen molar-refractivity contribution in [3.8, 4) is 5.75 Å². The molecule has 0 saturated carbocycles. The Morgan fingerprint density at radius 2 is 1.81 bits per heavy atom. The number of imide groups is 1. The van der Waals surface area contributed by atoms with Crippen LogP contribution in [-0.4, -0.2) is 28.3 Å². The van der Waals surface area contributed by atoms with E-state index < -0.39 is 40.6 Å². The van der Waals surface area contributed by atoms with E-state index in [1.165, 1.54) is 30.3 Å². The SMILES string of the molecule is CCC(Oc1ccc(/C=C2/SC(=O)N(c3ccccc3C(F)(F)F)C2=O)cc1)C(=O)O. The van der Waals surface area contributed by atoms with Crippen molar-refractivity contribution in [3.05, 3.63) is 64.6 Å². The topological polar surface area (TPSA) is 83.9 Å². The molecule has 0 spiro atoms. The number of thioether (sulfide) groups is 1. The van der Waals surface area contributed by atoms with Gasteiger partial charge in [-0.1, -0.05) is 31.2 Å². The van der Waals surface area contributed by atoms with Crippen molar-refractivity contribution in [1.29, 1.82) is 0 Å². The van der Waals surface area contributed by atoms with Gasteiger partial charge in [-0.3, -0.25) is 9.59 Å². The molecule has 1 fully saturated rings. The molecule has 0 aromatic heterocycles. The average Bonchev–Trinajstić information content (AvgIpc) is 2.99. The van der Waals surface area contributed by atoms with Crippen LogP contribution in [0.2, 0.25) is 0 Å². The Morgan fingerprint density at radius 3 is 2.39 bits per heavy atom. The first kappa shape index (κ1) is 22.4. The van der Waals surface area contributed by atoms with Gasteiger partial charge < -0.3 is 9.84 Å². The lowest BCUT2D eigenvalue weighted by atomic mass is 10.1. The third kappa shape index (κ3) is 4.91. The third-order valence-electron chi connectivity index (χ3n) is 4.35. The van der Waals surface area contributed by atoms with Gasteiger partial charge in [-0.25, -0.2) is 9.69 Å². The predicted octanol–water partition coefficient (Wildman–Crippen LogP) is 5.19. The van der Waals surface area contributed by atoms with Crippen LogP contribution in [0.5, 0.6) is 5.75 Å². The van der Waals surface area contributed by atoms with E-state index in [-0.39, 0.29) is 11.3 Å². The number of ether oxygens (including phenoxy) is 1. The second-order valence-corrected chi connectivity index (χ2v) is 7.45. The number of nitrogens with zero attached hydrogens (tertiary/aromatic N) is 1. The molecule has 2 aromatic rings. The number of alkyl halides is 3. The summed E-state index contributed by atoms with van der Waals surface area (Å²) in [7, 11) is 0. The van der Waals surface area contributed by atoms with Gasteiger partial charge in [-0.15, -0.1) is 0 Å². The number of carboxylic acid groups (broad SMARTS) is 1. The zero-order valence-electron chi connectivity index (χ0n) is 16.1. The van der Waals surface area contributed by atoms with E-state index in [4.69, 9.17) is 9.84 Å². The minimum absolute atomic E-state index is 0.0346. The Balaban J connectivity index is 1.84. The number of carbonyl (C=O) groups is 3. The zero-order chi connectivity index (χ0) is 22.8. The van der Waals surface area contributed by atoms with Gasteiger partial charge in [0.25, 0.3) is 11.1 Å². The molecule has 6 nitrogen and oxygen atoms in total. The summed E-state index contributed by atoms with van der Waals surface area (Å²) in [6.45, 7) is 1.67. The molecule has 3 rings (SSSR count). The highest BCUT2D eigenvalue weighted by Crippen LogP contribution is 2.42. The molecular formula is C21H16F3NO5S. The number of hydrogen-bond donors (Lipinski definition) is 1. The monoisotopic (exact) mass is 451 g/mol. The van der Waals surface area contributed by atoms with Crippen LogP contribution >= 0.6 is 11.8 Å². The van der Waals surface area contributed by atoms with Gasteiger partial charge in [0.1, 0.15) is 5.75 Å². The Hall–Kier alpha value is -3.27. The number of hydrogen-bond acceptors (Lipinski definition) is 5. The van der Waals surface area contributed by atoms with Crippen molar-refractivity contribution in [2.75, 3.05) is 4.90 Å². The molecule has 162 valence electrons. The number of rotatable bonds is 6. The van der Waals surface area contributed by atoms with E-state index in [0.717, 1.165) is 12.1 Å². The number of benzene rings is 2. The third-order valence-corrected chi connectivity index (χ3v) is 5.22. The Bertz CT molecular complexity index is 1050. The fourth-order valence-corrected chi connectivity index (χ4v) is 3.68. The lowest BCUT2D eigenvalue weighted by Crippen LogP contribution is -2.30. The van der Waals surface area contributed by atoms with Crippen LogP contribution in [0.1, 0.15) is 24.5 Å². The first-order valence-corrected chi connectivity index (χ1v) is 9.87. The molecule has 0 aliphatic carbocycles. The largest absolute Gasteiger partial charge is 0.479 e. The lowest BCUT2D eigenvalue weighted by Gasteiger charge is -2.18. The van der Waals surface area contributed by atoms with Crippen LogP contribution in [0.3, 0.4) is 0 Å². The van der Waals surface area contributed by atoms with Crippen molar-refractivity contribution in [1.82, 2.24) is 0 Å². The lowest BCUT2D eigenvalue weighted by molar-refractivity contribution is -0.145. The van der Waals surface area contributed by atoms with E-state index >= 15 is 0 Å². The fraction of sp³-hybridized carbons (Fsp3) is 0.190. The average molecular weight is 451 g/mol. The maximum absolute atomic E-state index is 13.3. The highest BCUT2D eigenvalue weighted by molar-refractivity contribution is 8.19. The van der Waals surface area contributed by atoms with Gasteiger partial charge in [0.15, 0.2) is 6.10 Å². The van der Waals surface area contributed by atoms with Crippen molar-refractivity contribution in [2.45, 2.75) is 25.6 Å². The van der Waals surface area contributed by atoms with Crippen LogP contribution in [0.25, 0.3) is 6.08 Å². The number of anilines is 1. The summed E-state index contributed by atoms with van der Waals surface area (Å²) in [6, 6.07) is 10.5. The van der Waals surface area contributed by atoms with Crippen LogP contribution in [-0.2, 0) is 15.8 Å². The van der Waals surface area contributed by atoms with Gasteiger partial charge in [0.05, 0.1) is 16.2 Å². The molecule has 1 aliphatic heterocycles. The van der Waals surface area contributed by atoms with Crippen molar-refractivity contribution in [3.63, 3.8) is 0 Å². The number of halogens is 3. The number of para-hydroxylation sites is 1. The molecule has 1 aliphatic rings. The maximum Gasteiger partial charge on any atom is 0.418 e. The Kier molecular flexibility index (Phi) is 6.40. The number of carboxylic acids is 1. The molecule has 1 N–H and O–H groups in total. The van der Waals surface area contributed by atoms with Crippen molar-refractivity contribution in [2.24, 2.45) is 0 Å². The smallest absolute Gasteiger partial charge is 0.418 e. The number of aliphatic carboxylic acids is 1. The van der Waals surface area contributed by atoms with Crippen LogP contribution in [0.15, 0.2) is 53.4 Å². The molecule has 31 heavy (non-hydrogen) atoms. The van der Waals surface area contributed by atoms with E-state index in [0.29, 0.717) is 28.0 Å². The molecule has 2 aromatic carbocycles. The van der Waals surface area contributed by atoms with Gasteiger partial charge in [0.2, 0.25) is 0 Å². The molecular weight excluding hydrogens is 435 g/mol. The number of carbonyl (C=O) groups excluding carboxylic acids is 2. The highest BCUT2D eigenvalue weighted by Gasteiger charge is 2.42. The van der Waals surface area contributed by atoms with E-state index in [1.54, 1.807) is 19.1 Å². The summed E-state index contributed by atoms with van der Waals surface area (Å²) in [5.74, 6) is -1.65.